The summed E-state index contributed by atoms with van der Waals surface area (Å²) < 4.78 is 22.2. The number of imide groups is 1. The number of hydrogen-bond acceptors (Lipinski definition) is 12. The van der Waals surface area contributed by atoms with Gasteiger partial charge in [-0.05, 0) is 67.6 Å². The summed E-state index contributed by atoms with van der Waals surface area (Å²) in [5.41, 5.74) is 4.20. The molecule has 4 amide bonds. The molecule has 0 bridgehead atoms. The van der Waals surface area contributed by atoms with Crippen molar-refractivity contribution in [2.75, 3.05) is 31.3 Å². The van der Waals surface area contributed by atoms with Crippen LogP contribution in [0.5, 0.6) is 5.75 Å². The molecule has 7 rings (SSSR count). The van der Waals surface area contributed by atoms with Crippen LogP contribution in [0.3, 0.4) is 0 Å². The third kappa shape index (κ3) is 9.38. The number of carbonyl (C=O) groups excluding carboxylic acids is 4. The molecule has 2 aromatic carbocycles. The number of imidazole rings is 1. The van der Waals surface area contributed by atoms with Crippen LogP contribution >= 0.6 is 0 Å². The zero-order valence-corrected chi connectivity index (χ0v) is 33.8. The maximum Gasteiger partial charge on any atom is 0.329 e. The third-order valence-corrected chi connectivity index (χ3v) is 10.4. The zero-order valence-electron chi connectivity index (χ0n) is 33.8. The number of benzene rings is 2. The number of fused-ring (bicyclic) bond motifs is 1. The van der Waals surface area contributed by atoms with Gasteiger partial charge in [0.15, 0.2) is 17.4 Å². The summed E-state index contributed by atoms with van der Waals surface area (Å²) in [4.78, 5) is 80.1. The molecular weight excluding hydrogens is 786 g/mol. The minimum Gasteiger partial charge on any atom is -0.494 e. The van der Waals surface area contributed by atoms with Gasteiger partial charge in [-0.25, -0.2) is 29.1 Å². The van der Waals surface area contributed by atoms with E-state index in [1.165, 1.54) is 31.1 Å². The Balaban J connectivity index is 0.922. The second-order valence-corrected chi connectivity index (χ2v) is 14.4. The quantitative estimate of drug-likeness (QED) is 0.0637. The molecule has 61 heavy (non-hydrogen) atoms. The first kappa shape index (κ1) is 41.7. The van der Waals surface area contributed by atoms with Crippen molar-refractivity contribution < 1.29 is 28.3 Å². The van der Waals surface area contributed by atoms with Crippen LogP contribution in [0.25, 0.3) is 22.4 Å². The Bertz CT molecular complexity index is 2680. The first-order valence-corrected chi connectivity index (χ1v) is 19.7. The summed E-state index contributed by atoms with van der Waals surface area (Å²) in [6.07, 6.45) is 9.88. The van der Waals surface area contributed by atoms with Gasteiger partial charge in [0, 0.05) is 51.1 Å². The lowest BCUT2D eigenvalue weighted by molar-refractivity contribution is -0.135. The van der Waals surface area contributed by atoms with Crippen molar-refractivity contribution in [2.24, 2.45) is 7.05 Å². The lowest BCUT2D eigenvalue weighted by Crippen LogP contribution is -2.44. The zero-order chi connectivity index (χ0) is 43.0. The highest BCUT2D eigenvalue weighted by molar-refractivity contribution is 6.01. The van der Waals surface area contributed by atoms with E-state index in [0.29, 0.717) is 51.9 Å². The summed E-state index contributed by atoms with van der Waals surface area (Å²) in [5.74, 6) is -0.677. The van der Waals surface area contributed by atoms with Crippen molar-refractivity contribution in [1.29, 1.82) is 0 Å². The Morgan fingerprint density at radius 3 is 2.43 bits per heavy atom. The minimum atomic E-state index is -0.720. The fourth-order valence-corrected chi connectivity index (χ4v) is 7.25. The molecule has 0 radical (unpaired) electrons. The van der Waals surface area contributed by atoms with Crippen molar-refractivity contribution in [3.63, 3.8) is 0 Å². The van der Waals surface area contributed by atoms with Gasteiger partial charge >= 0.3 is 5.69 Å². The maximum absolute atomic E-state index is 13.5. The smallest absolute Gasteiger partial charge is 0.329 e. The van der Waals surface area contributed by atoms with Crippen LogP contribution < -0.4 is 37.0 Å². The number of halogens is 1. The van der Waals surface area contributed by atoms with Crippen LogP contribution in [0.4, 0.5) is 27.4 Å². The normalized spacial score (nSPS) is 13.7. The average Bonchev–Trinajstić information content (AvgIpc) is 3.51. The number of nitrogens with zero attached hydrogens (tertiary/aromatic N) is 6. The molecule has 0 saturated carbocycles. The van der Waals surface area contributed by atoms with E-state index in [0.717, 1.165) is 55.6 Å². The molecule has 4 aromatic heterocycles. The van der Waals surface area contributed by atoms with Crippen LogP contribution in [0.1, 0.15) is 70.8 Å². The molecule has 1 fully saturated rings. The predicted octanol–water partition coefficient (Wildman–Crippen LogP) is 5.09. The van der Waals surface area contributed by atoms with E-state index in [1.54, 1.807) is 48.0 Å². The van der Waals surface area contributed by atoms with Crippen molar-refractivity contribution in [1.82, 2.24) is 45.0 Å². The van der Waals surface area contributed by atoms with Gasteiger partial charge in [0.25, 0.3) is 11.8 Å². The number of unbranched alkanes of at least 4 members (excludes halogenated alkanes) is 3. The van der Waals surface area contributed by atoms with E-state index in [4.69, 9.17) is 4.74 Å². The molecule has 314 valence electrons. The first-order valence-electron chi connectivity index (χ1n) is 19.7. The van der Waals surface area contributed by atoms with Crippen LogP contribution in [0.15, 0.2) is 84.2 Å². The molecule has 1 saturated heterocycles. The maximum atomic E-state index is 13.5. The number of aryl methyl sites for hydroxylation is 2. The average molecular weight is 830 g/mol. The van der Waals surface area contributed by atoms with Crippen molar-refractivity contribution in [3.05, 3.63) is 112 Å². The standard InChI is InChI=1S/C43H44FN11O6/c1-45-41(58)29-24-48-36(21-31(29)51-30-11-8-10-28(38(30)61-3)39-49-22-27(44)23-50-39)52-35-20-26(16-18-46-35)40(57)47-17-7-5-4-6-9-25-12-13-32-34(19-25)54(2)43(60)55(32)33-14-15-37(56)53-42(33)59/h8,10-13,16,18-24,33H,4-7,9,14-15,17H2,1-3H3,(H,45,58)(H,47,57)(H,53,56,59)(H2,46,48,51,52). The van der Waals surface area contributed by atoms with Crippen LogP contribution in [-0.4, -0.2) is 73.4 Å². The molecule has 18 heteroatoms. The number of anilines is 4. The van der Waals surface area contributed by atoms with E-state index in [1.807, 2.05) is 18.2 Å². The summed E-state index contributed by atoms with van der Waals surface area (Å²) in [7, 11) is 4.67. The van der Waals surface area contributed by atoms with Crippen molar-refractivity contribution >= 4 is 57.7 Å². The van der Waals surface area contributed by atoms with Crippen LogP contribution in [-0.2, 0) is 23.1 Å². The Hall–Kier alpha value is -7.50. The number of nitrogens with one attached hydrogen (secondary N) is 5. The molecule has 5 N–H and O–H groups in total. The fourth-order valence-electron chi connectivity index (χ4n) is 7.25. The number of piperidine rings is 1. The second kappa shape index (κ2) is 18.6. The number of hydrogen-bond donors (Lipinski definition) is 5. The highest BCUT2D eigenvalue weighted by atomic mass is 19.1. The van der Waals surface area contributed by atoms with Gasteiger partial charge in [0.1, 0.15) is 17.7 Å². The predicted molar refractivity (Wildman–Crippen MR) is 226 cm³/mol. The van der Waals surface area contributed by atoms with Gasteiger partial charge in [-0.1, -0.05) is 25.0 Å². The molecule has 0 aliphatic carbocycles. The second-order valence-electron chi connectivity index (χ2n) is 14.4. The fraction of sp³-hybridized carbons (Fsp3) is 0.279. The number of para-hydroxylation sites is 1. The molecular formula is C43H44FN11O6. The highest BCUT2D eigenvalue weighted by Gasteiger charge is 2.31. The first-order chi connectivity index (χ1) is 29.5. The van der Waals surface area contributed by atoms with E-state index in [-0.39, 0.29) is 47.6 Å². The number of rotatable bonds is 16. The van der Waals surface area contributed by atoms with Gasteiger partial charge in [0.05, 0.1) is 53.0 Å². The molecule has 6 aromatic rings. The summed E-state index contributed by atoms with van der Waals surface area (Å²) >= 11 is 0. The van der Waals surface area contributed by atoms with Crippen molar-refractivity contribution in [3.8, 4) is 17.1 Å². The third-order valence-electron chi connectivity index (χ3n) is 10.4. The Morgan fingerprint density at radius 1 is 0.869 bits per heavy atom. The number of carbonyl (C=O) groups is 4. The van der Waals surface area contributed by atoms with E-state index in [2.05, 4.69) is 46.5 Å². The molecule has 1 unspecified atom stereocenters. The number of amides is 4. The summed E-state index contributed by atoms with van der Waals surface area (Å²) in [5, 5.41) is 14.3. The Labute approximate surface area is 349 Å². The van der Waals surface area contributed by atoms with E-state index >= 15 is 0 Å². The lowest BCUT2D eigenvalue weighted by Gasteiger charge is -2.21. The van der Waals surface area contributed by atoms with Gasteiger partial charge in [-0.15, -0.1) is 0 Å². The number of methoxy groups -OCH3 is 1. The minimum absolute atomic E-state index is 0.189. The SMILES string of the molecule is CNC(=O)c1cnc(Nc2cc(C(=O)NCCCCCCc3ccc4c(c3)n(C)c(=O)n4C3CCC(=O)NC3=O)ccn2)cc1Nc1cccc(-c2ncc(F)cn2)c1OC. The monoisotopic (exact) mass is 829 g/mol. The molecule has 1 atom stereocenters. The Kier molecular flexibility index (Phi) is 12.7. The highest BCUT2D eigenvalue weighted by Crippen LogP contribution is 2.37. The number of aromatic nitrogens is 6. The number of pyridine rings is 2. The number of ether oxygens (including phenoxy) is 1. The summed E-state index contributed by atoms with van der Waals surface area (Å²) in [6.45, 7) is 0.487. The molecule has 1 aliphatic heterocycles. The molecule has 5 heterocycles. The summed E-state index contributed by atoms with van der Waals surface area (Å²) in [6, 6.07) is 15.2. The van der Waals surface area contributed by atoms with Gasteiger partial charge in [-0.3, -0.25) is 33.6 Å². The molecule has 17 nitrogen and oxygen atoms in total. The van der Waals surface area contributed by atoms with Crippen LogP contribution in [0, 0.1) is 5.82 Å². The van der Waals surface area contributed by atoms with Gasteiger partial charge in [0.2, 0.25) is 11.8 Å². The van der Waals surface area contributed by atoms with Crippen molar-refractivity contribution in [2.45, 2.75) is 51.0 Å². The largest absolute Gasteiger partial charge is 0.494 e. The Morgan fingerprint density at radius 2 is 1.66 bits per heavy atom. The van der Waals surface area contributed by atoms with Gasteiger partial charge < -0.3 is 26.0 Å². The van der Waals surface area contributed by atoms with Crippen LogP contribution in [0.2, 0.25) is 0 Å². The van der Waals surface area contributed by atoms with E-state index < -0.39 is 17.8 Å². The molecule has 0 spiro atoms. The van der Waals surface area contributed by atoms with Gasteiger partial charge in [-0.2, -0.15) is 0 Å². The molecule has 1 aliphatic rings. The lowest BCUT2D eigenvalue weighted by atomic mass is 10.0. The van der Waals surface area contributed by atoms with E-state index in [9.17, 15) is 28.4 Å². The topological polar surface area (TPSA) is 216 Å².